The topological polar surface area (TPSA) is 49.3 Å². The summed E-state index contributed by atoms with van der Waals surface area (Å²) in [5.41, 5.74) is -0.429. The first-order valence-corrected chi connectivity index (χ1v) is 4.25. The molecule has 1 saturated carbocycles. The summed E-state index contributed by atoms with van der Waals surface area (Å²) in [5, 5.41) is 11.7. The van der Waals surface area contributed by atoms with E-state index in [4.69, 9.17) is 5.11 Å². The van der Waals surface area contributed by atoms with Crippen molar-refractivity contribution in [2.45, 2.75) is 19.8 Å². The van der Waals surface area contributed by atoms with E-state index >= 15 is 0 Å². The van der Waals surface area contributed by atoms with Crippen molar-refractivity contribution in [1.82, 2.24) is 5.32 Å². The van der Waals surface area contributed by atoms with Gasteiger partial charge >= 0.3 is 0 Å². The number of hydrogen-bond donors (Lipinski definition) is 2. The van der Waals surface area contributed by atoms with Gasteiger partial charge in [-0.1, -0.05) is 12.2 Å². The lowest BCUT2D eigenvalue weighted by Crippen LogP contribution is -2.34. The van der Waals surface area contributed by atoms with Crippen LogP contribution in [0, 0.1) is 5.41 Å². The number of carbonyl (C=O) groups excluding carboxylic acids is 1. The van der Waals surface area contributed by atoms with Crippen LogP contribution in [0.4, 0.5) is 0 Å². The van der Waals surface area contributed by atoms with Gasteiger partial charge < -0.3 is 10.4 Å². The van der Waals surface area contributed by atoms with E-state index in [1.807, 2.05) is 19.1 Å². The van der Waals surface area contributed by atoms with Gasteiger partial charge in [0.2, 0.25) is 5.91 Å². The third-order valence-corrected chi connectivity index (χ3v) is 2.25. The van der Waals surface area contributed by atoms with Gasteiger partial charge in [0.15, 0.2) is 0 Å². The number of hydrogen-bond acceptors (Lipinski definition) is 2. The van der Waals surface area contributed by atoms with Crippen LogP contribution < -0.4 is 5.32 Å². The van der Waals surface area contributed by atoms with Crippen molar-refractivity contribution in [3.8, 4) is 0 Å². The number of aliphatic hydroxyl groups excluding tert-OH is 1. The maximum absolute atomic E-state index is 11.3. The minimum atomic E-state index is -0.429. The Bertz CT molecular complexity index is 195. The van der Waals surface area contributed by atoms with Gasteiger partial charge in [-0.15, -0.1) is 0 Å². The lowest BCUT2D eigenvalue weighted by molar-refractivity contribution is -0.127. The maximum atomic E-state index is 11.3. The Hall–Kier alpha value is -0.830. The molecule has 0 bridgehead atoms. The number of aliphatic hydroxyl groups is 1. The Morgan fingerprint density at radius 3 is 2.75 bits per heavy atom. The van der Waals surface area contributed by atoms with Gasteiger partial charge in [-0.2, -0.15) is 0 Å². The fourth-order valence-corrected chi connectivity index (χ4v) is 1.06. The average Bonchev–Trinajstić information content (AvgIpc) is 2.85. The molecule has 0 atom stereocenters. The standard InChI is InChI=1S/C9H15NO2/c1-2-3-6-10-8(12)9(7-11)4-5-9/h2-3,11H,4-7H2,1H3,(H,10,12)/b3-2+. The second-order valence-corrected chi connectivity index (χ2v) is 3.22. The maximum Gasteiger partial charge on any atom is 0.228 e. The molecule has 1 amide bonds. The normalized spacial score (nSPS) is 19.5. The van der Waals surface area contributed by atoms with Crippen molar-refractivity contribution in [1.29, 1.82) is 0 Å². The molecule has 2 N–H and O–H groups in total. The van der Waals surface area contributed by atoms with Gasteiger partial charge in [0.1, 0.15) is 0 Å². The first kappa shape index (κ1) is 9.26. The number of nitrogens with one attached hydrogen (secondary N) is 1. The summed E-state index contributed by atoms with van der Waals surface area (Å²) in [6.07, 6.45) is 5.42. The van der Waals surface area contributed by atoms with Crippen LogP contribution in [0.5, 0.6) is 0 Å². The van der Waals surface area contributed by atoms with Crippen molar-refractivity contribution in [2.75, 3.05) is 13.2 Å². The Kier molecular flexibility index (Phi) is 2.87. The van der Waals surface area contributed by atoms with Gasteiger partial charge in [-0.05, 0) is 19.8 Å². The molecule has 3 nitrogen and oxygen atoms in total. The molecule has 1 fully saturated rings. The van der Waals surface area contributed by atoms with E-state index in [-0.39, 0.29) is 12.5 Å². The van der Waals surface area contributed by atoms with Crippen molar-refractivity contribution in [3.63, 3.8) is 0 Å². The first-order valence-electron chi connectivity index (χ1n) is 4.25. The van der Waals surface area contributed by atoms with Gasteiger partial charge in [0.05, 0.1) is 12.0 Å². The molecule has 0 aliphatic heterocycles. The second kappa shape index (κ2) is 3.72. The molecule has 0 aromatic carbocycles. The monoisotopic (exact) mass is 169 g/mol. The molecular formula is C9H15NO2. The summed E-state index contributed by atoms with van der Waals surface area (Å²) in [4.78, 5) is 11.3. The van der Waals surface area contributed by atoms with Crippen LogP contribution in [0.1, 0.15) is 19.8 Å². The van der Waals surface area contributed by atoms with E-state index in [1.165, 1.54) is 0 Å². The number of rotatable bonds is 4. The zero-order valence-corrected chi connectivity index (χ0v) is 7.34. The largest absolute Gasteiger partial charge is 0.395 e. The number of allylic oxidation sites excluding steroid dienone is 1. The Labute approximate surface area is 72.5 Å². The molecule has 12 heavy (non-hydrogen) atoms. The molecule has 68 valence electrons. The van der Waals surface area contributed by atoms with Crippen molar-refractivity contribution in [2.24, 2.45) is 5.41 Å². The van der Waals surface area contributed by atoms with Crippen LogP contribution in [0.2, 0.25) is 0 Å². The predicted molar refractivity (Wildman–Crippen MR) is 46.6 cm³/mol. The molecular weight excluding hydrogens is 154 g/mol. The molecule has 3 heteroatoms. The average molecular weight is 169 g/mol. The third-order valence-electron chi connectivity index (χ3n) is 2.25. The highest BCUT2D eigenvalue weighted by molar-refractivity contribution is 5.85. The lowest BCUT2D eigenvalue weighted by atomic mass is 10.1. The van der Waals surface area contributed by atoms with E-state index in [2.05, 4.69) is 5.32 Å². The van der Waals surface area contributed by atoms with Crippen LogP contribution >= 0.6 is 0 Å². The molecule has 0 spiro atoms. The van der Waals surface area contributed by atoms with E-state index in [9.17, 15) is 4.79 Å². The molecule has 0 saturated heterocycles. The van der Waals surface area contributed by atoms with Crippen LogP contribution in [0.15, 0.2) is 12.2 Å². The van der Waals surface area contributed by atoms with E-state index in [0.29, 0.717) is 6.54 Å². The zero-order chi connectivity index (χ0) is 9.03. The minimum Gasteiger partial charge on any atom is -0.395 e. The Morgan fingerprint density at radius 2 is 2.33 bits per heavy atom. The lowest BCUT2D eigenvalue weighted by Gasteiger charge is -2.10. The Morgan fingerprint density at radius 1 is 1.67 bits per heavy atom. The van der Waals surface area contributed by atoms with E-state index < -0.39 is 5.41 Å². The molecule has 1 aliphatic rings. The zero-order valence-electron chi connectivity index (χ0n) is 7.34. The fraction of sp³-hybridized carbons (Fsp3) is 0.667. The van der Waals surface area contributed by atoms with Crippen molar-refractivity contribution in [3.05, 3.63) is 12.2 Å². The molecule has 1 aliphatic carbocycles. The summed E-state index contributed by atoms with van der Waals surface area (Å²) in [5.74, 6) is -0.0110. The summed E-state index contributed by atoms with van der Waals surface area (Å²) in [6.45, 7) is 2.46. The first-order chi connectivity index (χ1) is 5.75. The van der Waals surface area contributed by atoms with Crippen molar-refractivity contribution >= 4 is 5.91 Å². The van der Waals surface area contributed by atoms with Gasteiger partial charge in [-0.25, -0.2) is 0 Å². The van der Waals surface area contributed by atoms with Gasteiger partial charge in [-0.3, -0.25) is 4.79 Å². The van der Waals surface area contributed by atoms with Crippen LogP contribution in [0.3, 0.4) is 0 Å². The smallest absolute Gasteiger partial charge is 0.228 e. The summed E-state index contributed by atoms with van der Waals surface area (Å²) >= 11 is 0. The highest BCUT2D eigenvalue weighted by Crippen LogP contribution is 2.45. The third kappa shape index (κ3) is 1.85. The highest BCUT2D eigenvalue weighted by Gasteiger charge is 2.48. The molecule has 0 heterocycles. The SMILES string of the molecule is C/C=C/CNC(=O)C1(CO)CC1. The minimum absolute atomic E-state index is 0.0110. The summed E-state index contributed by atoms with van der Waals surface area (Å²) in [7, 11) is 0. The molecule has 0 aromatic rings. The van der Waals surface area contributed by atoms with Gasteiger partial charge in [0.25, 0.3) is 0 Å². The van der Waals surface area contributed by atoms with Crippen LogP contribution in [-0.2, 0) is 4.79 Å². The van der Waals surface area contributed by atoms with Crippen molar-refractivity contribution < 1.29 is 9.90 Å². The molecule has 0 aromatic heterocycles. The highest BCUT2D eigenvalue weighted by atomic mass is 16.3. The number of carbonyl (C=O) groups is 1. The quantitative estimate of drug-likeness (QED) is 0.600. The molecule has 0 radical (unpaired) electrons. The predicted octanol–water partition coefficient (Wildman–Crippen LogP) is 0.451. The van der Waals surface area contributed by atoms with Gasteiger partial charge in [0, 0.05) is 6.54 Å². The Balaban J connectivity index is 2.29. The second-order valence-electron chi connectivity index (χ2n) is 3.22. The van der Waals surface area contributed by atoms with Crippen LogP contribution in [-0.4, -0.2) is 24.2 Å². The molecule has 1 rings (SSSR count). The van der Waals surface area contributed by atoms with Crippen LogP contribution in [0.25, 0.3) is 0 Å². The fourth-order valence-electron chi connectivity index (χ4n) is 1.06. The number of amides is 1. The van der Waals surface area contributed by atoms with E-state index in [0.717, 1.165) is 12.8 Å². The summed E-state index contributed by atoms with van der Waals surface area (Å²) < 4.78 is 0. The molecule has 0 unspecified atom stereocenters. The summed E-state index contributed by atoms with van der Waals surface area (Å²) in [6, 6.07) is 0. The van der Waals surface area contributed by atoms with E-state index in [1.54, 1.807) is 0 Å².